The van der Waals surface area contributed by atoms with Crippen LogP contribution in [0.4, 0.5) is 5.82 Å². The maximum absolute atomic E-state index is 4.68. The van der Waals surface area contributed by atoms with E-state index in [4.69, 9.17) is 0 Å². The predicted octanol–water partition coefficient (Wildman–Crippen LogP) is 1.37. The van der Waals surface area contributed by atoms with Crippen molar-refractivity contribution in [2.24, 2.45) is 0 Å². The Morgan fingerprint density at radius 3 is 2.47 bits per heavy atom. The van der Waals surface area contributed by atoms with E-state index in [1.165, 1.54) is 12.0 Å². The number of nitrogens with one attached hydrogen (secondary N) is 1. The largest absolute Gasteiger partial charge is 0.353 e. The van der Waals surface area contributed by atoms with E-state index >= 15 is 0 Å². The molecule has 2 atom stereocenters. The molecule has 1 aromatic heterocycles. The standard InChI is InChI=1S/C12H18N4S/c1-7-8(2)13-12(17-3)15-11(7)16-5-9-4-10(6-16)14-9/h9-10,14H,4-6H2,1-3H3. The Bertz CT molecular complexity index is 432. The van der Waals surface area contributed by atoms with E-state index in [1.807, 2.05) is 6.26 Å². The van der Waals surface area contributed by atoms with Gasteiger partial charge in [0.15, 0.2) is 5.16 Å². The first-order valence-corrected chi connectivity index (χ1v) is 7.30. The lowest BCUT2D eigenvalue weighted by Gasteiger charge is -2.49. The van der Waals surface area contributed by atoms with Gasteiger partial charge in [0, 0.05) is 36.4 Å². The number of aromatic nitrogens is 2. The summed E-state index contributed by atoms with van der Waals surface area (Å²) >= 11 is 1.62. The van der Waals surface area contributed by atoms with E-state index in [9.17, 15) is 0 Å². The minimum atomic E-state index is 0.668. The highest BCUT2D eigenvalue weighted by atomic mass is 32.2. The minimum Gasteiger partial charge on any atom is -0.353 e. The van der Waals surface area contributed by atoms with E-state index in [0.29, 0.717) is 12.1 Å². The molecule has 4 heterocycles. The Hall–Kier alpha value is -0.810. The molecule has 0 spiro atoms. The van der Waals surface area contributed by atoms with Crippen molar-refractivity contribution in [3.8, 4) is 0 Å². The van der Waals surface area contributed by atoms with Gasteiger partial charge in [-0.1, -0.05) is 11.8 Å². The Labute approximate surface area is 106 Å². The summed E-state index contributed by atoms with van der Waals surface area (Å²) in [5.41, 5.74) is 2.33. The fourth-order valence-electron chi connectivity index (χ4n) is 2.67. The molecule has 2 unspecified atom stereocenters. The number of aryl methyl sites for hydroxylation is 1. The lowest BCUT2D eigenvalue weighted by Crippen LogP contribution is -2.67. The Kier molecular flexibility index (Phi) is 2.75. The van der Waals surface area contributed by atoms with E-state index in [1.54, 1.807) is 11.8 Å². The number of thioether (sulfide) groups is 1. The van der Waals surface area contributed by atoms with Gasteiger partial charge in [0.1, 0.15) is 5.82 Å². The Morgan fingerprint density at radius 1 is 1.24 bits per heavy atom. The Balaban J connectivity index is 1.93. The lowest BCUT2D eigenvalue weighted by atomic mass is 9.91. The third-order valence-corrected chi connectivity index (χ3v) is 4.29. The van der Waals surface area contributed by atoms with E-state index < -0.39 is 0 Å². The van der Waals surface area contributed by atoms with Crippen LogP contribution in [0.25, 0.3) is 0 Å². The van der Waals surface area contributed by atoms with Gasteiger partial charge in [-0.25, -0.2) is 9.97 Å². The van der Waals surface area contributed by atoms with Crippen LogP contribution in [0.5, 0.6) is 0 Å². The summed E-state index contributed by atoms with van der Waals surface area (Å²) in [7, 11) is 0. The summed E-state index contributed by atoms with van der Waals surface area (Å²) < 4.78 is 0. The van der Waals surface area contributed by atoms with E-state index in [0.717, 1.165) is 29.8 Å². The van der Waals surface area contributed by atoms with Crippen molar-refractivity contribution in [3.63, 3.8) is 0 Å². The first-order chi connectivity index (χ1) is 8.17. The number of piperazine rings is 1. The van der Waals surface area contributed by atoms with Gasteiger partial charge in [0.25, 0.3) is 0 Å². The van der Waals surface area contributed by atoms with Crippen LogP contribution in [-0.4, -0.2) is 41.4 Å². The monoisotopic (exact) mass is 250 g/mol. The first-order valence-electron chi connectivity index (χ1n) is 6.07. The van der Waals surface area contributed by atoms with E-state index in [-0.39, 0.29) is 0 Å². The van der Waals surface area contributed by atoms with Gasteiger partial charge in [-0.3, -0.25) is 0 Å². The molecule has 0 radical (unpaired) electrons. The van der Waals surface area contributed by atoms with Crippen molar-refractivity contribution in [3.05, 3.63) is 11.3 Å². The highest BCUT2D eigenvalue weighted by Crippen LogP contribution is 2.29. The molecule has 4 rings (SSSR count). The predicted molar refractivity (Wildman–Crippen MR) is 70.8 cm³/mol. The third-order valence-electron chi connectivity index (χ3n) is 3.75. The fraction of sp³-hybridized carbons (Fsp3) is 0.667. The smallest absolute Gasteiger partial charge is 0.189 e. The average Bonchev–Trinajstić information content (AvgIpc) is 2.31. The molecule has 5 heteroatoms. The van der Waals surface area contributed by atoms with Crippen LogP contribution < -0.4 is 10.2 Å². The second-order valence-corrected chi connectivity index (χ2v) is 5.72. The zero-order chi connectivity index (χ0) is 12.0. The molecule has 2 bridgehead atoms. The zero-order valence-corrected chi connectivity index (χ0v) is 11.3. The molecule has 3 aliphatic rings. The molecule has 0 amide bonds. The number of nitrogens with zero attached hydrogens (tertiary/aromatic N) is 3. The molecule has 92 valence electrons. The molecule has 3 fully saturated rings. The van der Waals surface area contributed by atoms with Gasteiger partial charge < -0.3 is 10.2 Å². The molecule has 3 saturated heterocycles. The second kappa shape index (κ2) is 4.14. The van der Waals surface area contributed by atoms with Crippen LogP contribution in [0.2, 0.25) is 0 Å². The van der Waals surface area contributed by atoms with E-state index in [2.05, 4.69) is 34.0 Å². The van der Waals surface area contributed by atoms with Crippen molar-refractivity contribution >= 4 is 17.6 Å². The Morgan fingerprint density at radius 2 is 1.88 bits per heavy atom. The quantitative estimate of drug-likeness (QED) is 0.634. The highest BCUT2D eigenvalue weighted by molar-refractivity contribution is 7.98. The highest BCUT2D eigenvalue weighted by Gasteiger charge is 2.37. The number of fused-ring (bicyclic) bond motifs is 2. The maximum atomic E-state index is 4.68. The SMILES string of the molecule is CSc1nc(C)c(C)c(N2CC3CC(C2)N3)n1. The van der Waals surface area contributed by atoms with Crippen LogP contribution in [-0.2, 0) is 0 Å². The summed E-state index contributed by atoms with van der Waals surface area (Å²) in [6.07, 6.45) is 3.36. The molecule has 17 heavy (non-hydrogen) atoms. The molecule has 4 nitrogen and oxygen atoms in total. The maximum Gasteiger partial charge on any atom is 0.189 e. The molecule has 0 aliphatic carbocycles. The van der Waals surface area contributed by atoms with Crippen molar-refractivity contribution < 1.29 is 0 Å². The van der Waals surface area contributed by atoms with Crippen molar-refractivity contribution in [1.82, 2.24) is 15.3 Å². The summed E-state index contributed by atoms with van der Waals surface area (Å²) in [4.78, 5) is 11.6. The average molecular weight is 250 g/mol. The van der Waals surface area contributed by atoms with Crippen LogP contribution in [0.3, 0.4) is 0 Å². The number of rotatable bonds is 2. The fourth-order valence-corrected chi connectivity index (χ4v) is 3.08. The minimum absolute atomic E-state index is 0.668. The summed E-state index contributed by atoms with van der Waals surface area (Å²) in [5, 5.41) is 4.44. The molecule has 0 aromatic carbocycles. The molecule has 1 N–H and O–H groups in total. The van der Waals surface area contributed by atoms with Gasteiger partial charge in [-0.05, 0) is 26.5 Å². The van der Waals surface area contributed by atoms with Gasteiger partial charge in [0.2, 0.25) is 0 Å². The molecular weight excluding hydrogens is 232 g/mol. The summed E-state index contributed by atoms with van der Waals surface area (Å²) in [6, 6.07) is 1.34. The topological polar surface area (TPSA) is 41.1 Å². The van der Waals surface area contributed by atoms with Crippen LogP contribution in [0.15, 0.2) is 5.16 Å². The van der Waals surface area contributed by atoms with Crippen LogP contribution in [0.1, 0.15) is 17.7 Å². The third kappa shape index (κ3) is 1.91. The molecular formula is C12H18N4S. The van der Waals surface area contributed by atoms with Crippen molar-refractivity contribution in [1.29, 1.82) is 0 Å². The number of hydrogen-bond acceptors (Lipinski definition) is 5. The van der Waals surface area contributed by atoms with Crippen molar-refractivity contribution in [2.45, 2.75) is 37.5 Å². The molecule has 1 aromatic rings. The lowest BCUT2D eigenvalue weighted by molar-refractivity contribution is 0.224. The summed E-state index contributed by atoms with van der Waals surface area (Å²) in [6.45, 7) is 6.37. The summed E-state index contributed by atoms with van der Waals surface area (Å²) in [5.74, 6) is 1.14. The van der Waals surface area contributed by atoms with Gasteiger partial charge in [-0.2, -0.15) is 0 Å². The van der Waals surface area contributed by atoms with Gasteiger partial charge in [0.05, 0.1) is 0 Å². The van der Waals surface area contributed by atoms with Crippen LogP contribution >= 0.6 is 11.8 Å². The second-order valence-electron chi connectivity index (χ2n) is 4.95. The molecule has 0 saturated carbocycles. The normalized spacial score (nSPS) is 26.9. The van der Waals surface area contributed by atoms with Crippen molar-refractivity contribution in [2.75, 3.05) is 24.2 Å². The number of piperidine rings is 1. The number of hydrogen-bond donors (Lipinski definition) is 1. The first kappa shape index (κ1) is 11.3. The number of anilines is 1. The zero-order valence-electron chi connectivity index (χ0n) is 10.5. The molecule has 3 aliphatic heterocycles. The van der Waals surface area contributed by atoms with Gasteiger partial charge in [-0.15, -0.1) is 0 Å². The van der Waals surface area contributed by atoms with Crippen LogP contribution in [0, 0.1) is 13.8 Å². The van der Waals surface area contributed by atoms with Gasteiger partial charge >= 0.3 is 0 Å².